The number of hydrogen-bond donors (Lipinski definition) is 1. The van der Waals surface area contributed by atoms with Crippen LogP contribution in [0.1, 0.15) is 79.2 Å². The van der Waals surface area contributed by atoms with E-state index in [2.05, 4.69) is 22.3 Å². The predicted molar refractivity (Wildman–Crippen MR) is 188 cm³/mol. The van der Waals surface area contributed by atoms with Crippen LogP contribution < -0.4 is 10.9 Å². The van der Waals surface area contributed by atoms with E-state index in [9.17, 15) is 14.4 Å². The summed E-state index contributed by atoms with van der Waals surface area (Å²) in [6, 6.07) is 22.1. The summed E-state index contributed by atoms with van der Waals surface area (Å²) in [5.41, 5.74) is 4.81. The lowest BCUT2D eigenvalue weighted by Crippen LogP contribution is -2.33. The summed E-state index contributed by atoms with van der Waals surface area (Å²) in [5.74, 6) is -0.898. The van der Waals surface area contributed by atoms with E-state index in [0.29, 0.717) is 55.0 Å². The van der Waals surface area contributed by atoms with Gasteiger partial charge in [0, 0.05) is 49.1 Å². The topological polar surface area (TPSA) is 97.9 Å². The van der Waals surface area contributed by atoms with Crippen molar-refractivity contribution in [3.8, 4) is 11.3 Å². The highest BCUT2D eigenvalue weighted by atomic mass is 19.1. The second-order valence-corrected chi connectivity index (χ2v) is 12.6. The molecule has 1 aliphatic rings. The minimum absolute atomic E-state index is 0.0388. The molecule has 0 atom stereocenters. The molecular formula is C39H42FN5O4. The lowest BCUT2D eigenvalue weighted by molar-refractivity contribution is -0.116. The van der Waals surface area contributed by atoms with E-state index < -0.39 is 17.3 Å². The number of esters is 1. The van der Waals surface area contributed by atoms with E-state index in [0.717, 1.165) is 24.9 Å². The van der Waals surface area contributed by atoms with E-state index in [4.69, 9.17) is 9.72 Å². The maximum Gasteiger partial charge on any atom is 0.345 e. The maximum atomic E-state index is 15.0. The average molecular weight is 664 g/mol. The first-order valence-corrected chi connectivity index (χ1v) is 17.1. The Morgan fingerprint density at radius 2 is 1.65 bits per heavy atom. The fourth-order valence-corrected chi connectivity index (χ4v) is 6.41. The van der Waals surface area contributed by atoms with Crippen LogP contribution >= 0.6 is 0 Å². The van der Waals surface area contributed by atoms with Gasteiger partial charge in [-0.05, 0) is 55.0 Å². The van der Waals surface area contributed by atoms with E-state index >= 15 is 4.39 Å². The summed E-state index contributed by atoms with van der Waals surface area (Å²) >= 11 is 0. The molecule has 1 amide bonds. The minimum Gasteiger partial charge on any atom is -0.459 e. The van der Waals surface area contributed by atoms with Crippen molar-refractivity contribution in [2.24, 2.45) is 0 Å². The monoisotopic (exact) mass is 663 g/mol. The second-order valence-electron chi connectivity index (χ2n) is 12.6. The number of halogens is 1. The molecule has 2 aromatic heterocycles. The summed E-state index contributed by atoms with van der Waals surface area (Å²) in [4.78, 5) is 47.6. The molecular weight excluding hydrogens is 621 g/mol. The Morgan fingerprint density at radius 3 is 2.37 bits per heavy atom. The Balaban J connectivity index is 1.52. The van der Waals surface area contributed by atoms with Crippen molar-refractivity contribution in [1.29, 1.82) is 0 Å². The van der Waals surface area contributed by atoms with E-state index in [-0.39, 0.29) is 29.9 Å². The van der Waals surface area contributed by atoms with Gasteiger partial charge in [0.25, 0.3) is 5.56 Å². The SMILES string of the molecule is CCCC(=O)Nc1ccc(-c2nc3n(Cc4ccccc4F)cc(C(=O)OC(CC)CC)c(=O)n3c2CN2CCc3ccccc3C2)cc1. The molecule has 0 radical (unpaired) electrons. The molecule has 1 N–H and O–H groups in total. The van der Waals surface area contributed by atoms with Gasteiger partial charge in [0.1, 0.15) is 17.5 Å². The van der Waals surface area contributed by atoms with Crippen molar-refractivity contribution >= 4 is 23.3 Å². The number of aromatic nitrogens is 3. The molecule has 0 saturated heterocycles. The van der Waals surface area contributed by atoms with Gasteiger partial charge in [-0.1, -0.05) is 75.4 Å². The van der Waals surface area contributed by atoms with Crippen LogP contribution in [0.5, 0.6) is 0 Å². The Hall–Kier alpha value is -5.09. The molecule has 6 rings (SSSR count). The molecule has 0 saturated carbocycles. The van der Waals surface area contributed by atoms with Gasteiger partial charge in [0.05, 0.1) is 17.9 Å². The number of amides is 1. The van der Waals surface area contributed by atoms with Crippen LogP contribution in [0.4, 0.5) is 10.1 Å². The van der Waals surface area contributed by atoms with E-state index in [1.807, 2.05) is 57.2 Å². The second kappa shape index (κ2) is 15.0. The molecule has 3 heterocycles. The molecule has 0 spiro atoms. The third-order valence-corrected chi connectivity index (χ3v) is 9.14. The average Bonchev–Trinajstić information content (AvgIpc) is 3.49. The highest BCUT2D eigenvalue weighted by molar-refractivity contribution is 5.91. The predicted octanol–water partition coefficient (Wildman–Crippen LogP) is 6.99. The van der Waals surface area contributed by atoms with Crippen LogP contribution in [-0.2, 0) is 35.6 Å². The van der Waals surface area contributed by atoms with Gasteiger partial charge in [0.15, 0.2) is 0 Å². The lowest BCUT2D eigenvalue weighted by Gasteiger charge is -2.28. The summed E-state index contributed by atoms with van der Waals surface area (Å²) in [6.45, 7) is 7.68. The zero-order valence-corrected chi connectivity index (χ0v) is 28.2. The molecule has 49 heavy (non-hydrogen) atoms. The van der Waals surface area contributed by atoms with Gasteiger partial charge in [0.2, 0.25) is 11.7 Å². The number of anilines is 1. The Morgan fingerprint density at radius 1 is 0.939 bits per heavy atom. The van der Waals surface area contributed by atoms with E-state index in [1.54, 1.807) is 22.8 Å². The number of benzene rings is 3. The molecule has 0 bridgehead atoms. The number of ether oxygens (including phenoxy) is 1. The van der Waals surface area contributed by atoms with Crippen molar-refractivity contribution in [3.63, 3.8) is 0 Å². The number of fused-ring (bicyclic) bond motifs is 2. The van der Waals surface area contributed by atoms with Crippen LogP contribution in [0, 0.1) is 5.82 Å². The molecule has 1 aliphatic heterocycles. The van der Waals surface area contributed by atoms with Crippen LogP contribution in [0.25, 0.3) is 17.0 Å². The number of carbonyl (C=O) groups excluding carboxylic acids is 2. The van der Waals surface area contributed by atoms with Gasteiger partial charge in [-0.15, -0.1) is 0 Å². The molecule has 5 aromatic rings. The summed E-state index contributed by atoms with van der Waals surface area (Å²) < 4.78 is 23.9. The van der Waals surface area contributed by atoms with Crippen LogP contribution in [0.3, 0.4) is 0 Å². The largest absolute Gasteiger partial charge is 0.459 e. The maximum absolute atomic E-state index is 15.0. The fourth-order valence-electron chi connectivity index (χ4n) is 6.41. The first-order chi connectivity index (χ1) is 23.8. The number of nitrogens with one attached hydrogen (secondary N) is 1. The summed E-state index contributed by atoms with van der Waals surface area (Å²) in [7, 11) is 0. The Bertz CT molecular complexity index is 2030. The van der Waals surface area contributed by atoms with Gasteiger partial charge < -0.3 is 14.6 Å². The summed E-state index contributed by atoms with van der Waals surface area (Å²) in [5, 5.41) is 2.92. The number of rotatable bonds is 12. The Kier molecular flexibility index (Phi) is 10.3. The molecule has 254 valence electrons. The lowest BCUT2D eigenvalue weighted by atomic mass is 9.99. The first kappa shape index (κ1) is 33.8. The van der Waals surface area contributed by atoms with Crippen molar-refractivity contribution in [2.45, 2.75) is 78.6 Å². The van der Waals surface area contributed by atoms with Crippen LogP contribution in [0.15, 0.2) is 83.8 Å². The number of hydrogen-bond acceptors (Lipinski definition) is 6. The number of imidazole rings is 1. The third-order valence-electron chi connectivity index (χ3n) is 9.14. The smallest absolute Gasteiger partial charge is 0.345 e. The van der Waals surface area contributed by atoms with E-state index in [1.165, 1.54) is 27.8 Å². The van der Waals surface area contributed by atoms with Crippen LogP contribution in [0.2, 0.25) is 0 Å². The fraction of sp³-hybridized carbons (Fsp3) is 0.333. The Labute approximate surface area is 285 Å². The van der Waals surface area contributed by atoms with Gasteiger partial charge in [-0.3, -0.25) is 14.5 Å². The minimum atomic E-state index is -0.719. The van der Waals surface area contributed by atoms with Crippen molar-refractivity contribution < 1.29 is 18.7 Å². The summed E-state index contributed by atoms with van der Waals surface area (Å²) in [6.07, 6.45) is 4.35. The highest BCUT2D eigenvalue weighted by Crippen LogP contribution is 2.29. The number of nitrogens with zero attached hydrogens (tertiary/aromatic N) is 4. The molecule has 0 aliphatic carbocycles. The standard InChI is InChI=1S/C39H42FN5O4/c1-4-11-35(46)41-30-18-16-27(17-19-30)36-34(25-43-21-20-26-12-7-8-13-28(26)22-43)45-37(47)32(38(48)49-31(5-2)6-3)24-44(39(45)42-36)23-29-14-9-10-15-33(29)40/h7-10,12-19,24,31H,4-6,11,20-23,25H2,1-3H3,(H,41,46). The molecule has 0 unspecified atom stereocenters. The third kappa shape index (κ3) is 7.34. The zero-order valence-electron chi connectivity index (χ0n) is 28.2. The van der Waals surface area contributed by atoms with Gasteiger partial charge >= 0.3 is 5.97 Å². The van der Waals surface area contributed by atoms with Crippen molar-refractivity contribution in [1.82, 2.24) is 18.9 Å². The van der Waals surface area contributed by atoms with Gasteiger partial charge in [-0.25, -0.2) is 18.6 Å². The molecule has 10 heteroatoms. The highest BCUT2D eigenvalue weighted by Gasteiger charge is 2.27. The van der Waals surface area contributed by atoms with Crippen molar-refractivity contribution in [3.05, 3.63) is 123 Å². The first-order valence-electron chi connectivity index (χ1n) is 17.1. The van der Waals surface area contributed by atoms with Gasteiger partial charge in [-0.2, -0.15) is 0 Å². The molecule has 9 nitrogen and oxygen atoms in total. The number of carbonyl (C=O) groups is 2. The van der Waals surface area contributed by atoms with Crippen LogP contribution in [-0.4, -0.2) is 43.4 Å². The molecule has 0 fully saturated rings. The molecule has 3 aromatic carbocycles. The normalized spacial score (nSPS) is 13.1. The zero-order chi connectivity index (χ0) is 34.5. The van der Waals surface area contributed by atoms with Crippen molar-refractivity contribution in [2.75, 3.05) is 11.9 Å². The quantitative estimate of drug-likeness (QED) is 0.145.